The zero-order valence-corrected chi connectivity index (χ0v) is 14.9. The second-order valence-corrected chi connectivity index (χ2v) is 7.61. The molecule has 2 rings (SSSR count). The molecule has 106 valence electrons. The van der Waals surface area contributed by atoms with Crippen molar-refractivity contribution in [1.29, 1.82) is 0 Å². The van der Waals surface area contributed by atoms with Crippen LogP contribution in [0.1, 0.15) is 28.2 Å². The molecule has 0 radical (unpaired) electrons. The van der Waals surface area contributed by atoms with Gasteiger partial charge in [0.2, 0.25) is 0 Å². The minimum atomic E-state index is -0.205. The molecule has 1 amide bonds. The first-order chi connectivity index (χ1) is 9.41. The quantitative estimate of drug-likeness (QED) is 0.776. The number of hydrogen-bond acceptors (Lipinski definition) is 3. The van der Waals surface area contributed by atoms with E-state index in [9.17, 15) is 9.90 Å². The van der Waals surface area contributed by atoms with E-state index in [4.69, 9.17) is 0 Å². The van der Waals surface area contributed by atoms with Crippen LogP contribution in [-0.2, 0) is 0 Å². The average molecular weight is 419 g/mol. The van der Waals surface area contributed by atoms with Gasteiger partial charge in [0.15, 0.2) is 0 Å². The number of thiophene rings is 1. The fraction of sp³-hybridized carbons (Fsp3) is 0.214. The van der Waals surface area contributed by atoms with Gasteiger partial charge in [-0.15, -0.1) is 11.3 Å². The highest BCUT2D eigenvalue weighted by molar-refractivity contribution is 9.13. The number of phenols is 1. The van der Waals surface area contributed by atoms with Gasteiger partial charge in [-0.2, -0.15) is 0 Å². The molecule has 0 aliphatic heterocycles. The SMILES string of the molecule is CC(c1ccccc1O)N(C)C(=O)c1cc(Br)c(Br)s1. The summed E-state index contributed by atoms with van der Waals surface area (Å²) in [5.41, 5.74) is 0.734. The molecule has 1 aromatic heterocycles. The van der Waals surface area contributed by atoms with Gasteiger partial charge in [-0.3, -0.25) is 4.79 Å². The summed E-state index contributed by atoms with van der Waals surface area (Å²) in [6.45, 7) is 1.89. The molecule has 6 heteroatoms. The van der Waals surface area contributed by atoms with E-state index in [1.807, 2.05) is 19.1 Å². The summed E-state index contributed by atoms with van der Waals surface area (Å²) in [5, 5.41) is 9.88. The van der Waals surface area contributed by atoms with Crippen molar-refractivity contribution in [2.24, 2.45) is 0 Å². The van der Waals surface area contributed by atoms with Crippen molar-refractivity contribution in [2.75, 3.05) is 7.05 Å². The third-order valence-electron chi connectivity index (χ3n) is 3.14. The number of para-hydroxylation sites is 1. The van der Waals surface area contributed by atoms with Crippen LogP contribution in [0.25, 0.3) is 0 Å². The molecule has 2 aromatic rings. The lowest BCUT2D eigenvalue weighted by Gasteiger charge is -2.25. The largest absolute Gasteiger partial charge is 0.508 e. The first-order valence-electron chi connectivity index (χ1n) is 5.91. The number of amides is 1. The Morgan fingerprint density at radius 1 is 1.35 bits per heavy atom. The molecule has 0 aliphatic carbocycles. The predicted molar refractivity (Wildman–Crippen MR) is 88.3 cm³/mol. The Morgan fingerprint density at radius 3 is 2.55 bits per heavy atom. The van der Waals surface area contributed by atoms with Crippen molar-refractivity contribution in [3.05, 3.63) is 49.0 Å². The van der Waals surface area contributed by atoms with E-state index in [0.29, 0.717) is 4.88 Å². The zero-order valence-electron chi connectivity index (χ0n) is 10.9. The second-order valence-electron chi connectivity index (χ2n) is 4.38. The number of carbonyl (C=O) groups excluding carboxylic acids is 1. The minimum Gasteiger partial charge on any atom is -0.508 e. The van der Waals surface area contributed by atoms with Crippen molar-refractivity contribution in [1.82, 2.24) is 4.90 Å². The molecule has 1 heterocycles. The average Bonchev–Trinajstić information content (AvgIpc) is 2.77. The highest BCUT2D eigenvalue weighted by Gasteiger charge is 2.22. The zero-order chi connectivity index (χ0) is 14.9. The molecule has 3 nitrogen and oxygen atoms in total. The van der Waals surface area contributed by atoms with Crippen molar-refractivity contribution < 1.29 is 9.90 Å². The Bertz CT molecular complexity index is 622. The van der Waals surface area contributed by atoms with Crippen LogP contribution in [0, 0.1) is 0 Å². The van der Waals surface area contributed by atoms with Gasteiger partial charge >= 0.3 is 0 Å². The molecular formula is C14H13Br2NO2S. The summed E-state index contributed by atoms with van der Waals surface area (Å²) in [6, 6.07) is 8.66. The number of benzene rings is 1. The molecule has 1 atom stereocenters. The highest BCUT2D eigenvalue weighted by atomic mass is 79.9. The van der Waals surface area contributed by atoms with Crippen LogP contribution in [0.5, 0.6) is 5.75 Å². The fourth-order valence-electron chi connectivity index (χ4n) is 1.85. The van der Waals surface area contributed by atoms with Crippen molar-refractivity contribution >= 4 is 49.1 Å². The molecule has 1 aromatic carbocycles. The molecular weight excluding hydrogens is 406 g/mol. The molecule has 1 unspecified atom stereocenters. The van der Waals surface area contributed by atoms with Crippen LogP contribution in [0.4, 0.5) is 0 Å². The van der Waals surface area contributed by atoms with E-state index >= 15 is 0 Å². The summed E-state index contributed by atoms with van der Waals surface area (Å²) in [6.07, 6.45) is 0. The summed E-state index contributed by atoms with van der Waals surface area (Å²) < 4.78 is 1.76. The van der Waals surface area contributed by atoms with Gasteiger partial charge in [0.1, 0.15) is 5.75 Å². The maximum absolute atomic E-state index is 12.4. The monoisotopic (exact) mass is 417 g/mol. The Morgan fingerprint density at radius 2 is 2.00 bits per heavy atom. The number of rotatable bonds is 3. The molecule has 0 bridgehead atoms. The third-order valence-corrected chi connectivity index (χ3v) is 6.39. The lowest BCUT2D eigenvalue weighted by Crippen LogP contribution is -2.29. The number of nitrogens with zero attached hydrogens (tertiary/aromatic N) is 1. The first kappa shape index (κ1) is 15.5. The van der Waals surface area contributed by atoms with Crippen molar-refractivity contribution in [2.45, 2.75) is 13.0 Å². The summed E-state index contributed by atoms with van der Waals surface area (Å²) in [5.74, 6) is 0.130. The third kappa shape index (κ3) is 3.07. The van der Waals surface area contributed by atoms with Crippen LogP contribution in [0.3, 0.4) is 0 Å². The van der Waals surface area contributed by atoms with Crippen LogP contribution in [0.2, 0.25) is 0 Å². The summed E-state index contributed by atoms with van der Waals surface area (Å²) in [4.78, 5) is 14.7. The van der Waals surface area contributed by atoms with E-state index in [0.717, 1.165) is 13.8 Å². The summed E-state index contributed by atoms with van der Waals surface area (Å²) in [7, 11) is 1.74. The fourth-order valence-corrected chi connectivity index (χ4v) is 3.87. The van der Waals surface area contributed by atoms with E-state index in [2.05, 4.69) is 31.9 Å². The van der Waals surface area contributed by atoms with Crippen LogP contribution < -0.4 is 0 Å². The van der Waals surface area contributed by atoms with Gasteiger partial charge in [0, 0.05) is 17.1 Å². The Kier molecular flexibility index (Phi) is 4.88. The van der Waals surface area contributed by atoms with Gasteiger partial charge in [-0.05, 0) is 50.9 Å². The van der Waals surface area contributed by atoms with Crippen molar-refractivity contribution in [3.63, 3.8) is 0 Å². The van der Waals surface area contributed by atoms with Crippen LogP contribution in [-0.4, -0.2) is 23.0 Å². The molecule has 0 fully saturated rings. The Balaban J connectivity index is 2.24. The van der Waals surface area contributed by atoms with E-state index in [-0.39, 0.29) is 17.7 Å². The van der Waals surface area contributed by atoms with Gasteiger partial charge in [0.25, 0.3) is 5.91 Å². The van der Waals surface area contributed by atoms with Gasteiger partial charge in [-0.25, -0.2) is 0 Å². The number of phenolic OH excluding ortho intramolecular Hbond substituents is 1. The lowest BCUT2D eigenvalue weighted by molar-refractivity contribution is 0.0746. The number of carbonyl (C=O) groups is 1. The molecule has 1 N–H and O–H groups in total. The van der Waals surface area contributed by atoms with E-state index in [1.165, 1.54) is 11.3 Å². The second kappa shape index (κ2) is 6.28. The summed E-state index contributed by atoms with van der Waals surface area (Å²) >= 11 is 8.15. The van der Waals surface area contributed by atoms with Gasteiger partial charge in [0.05, 0.1) is 14.7 Å². The number of aromatic hydroxyl groups is 1. The molecule has 0 saturated carbocycles. The molecule has 0 aliphatic rings. The van der Waals surface area contributed by atoms with Crippen LogP contribution in [0.15, 0.2) is 38.6 Å². The lowest BCUT2D eigenvalue weighted by atomic mass is 10.1. The number of halogens is 2. The highest BCUT2D eigenvalue weighted by Crippen LogP contribution is 2.34. The predicted octanol–water partition coefficient (Wildman–Crippen LogP) is 4.81. The van der Waals surface area contributed by atoms with Crippen molar-refractivity contribution in [3.8, 4) is 5.75 Å². The Hall–Kier alpha value is -0.850. The minimum absolute atomic E-state index is 0.0721. The van der Waals surface area contributed by atoms with E-state index < -0.39 is 0 Å². The standard InChI is InChI=1S/C14H13Br2NO2S/c1-8(9-5-3-4-6-11(9)18)17(2)14(19)12-7-10(15)13(16)20-12/h3-8,18H,1-2H3. The van der Waals surface area contributed by atoms with E-state index in [1.54, 1.807) is 30.1 Å². The maximum atomic E-state index is 12.4. The Labute approximate surface area is 138 Å². The number of hydrogen-bond donors (Lipinski definition) is 1. The maximum Gasteiger partial charge on any atom is 0.264 e. The topological polar surface area (TPSA) is 40.5 Å². The first-order valence-corrected chi connectivity index (χ1v) is 8.32. The normalized spacial score (nSPS) is 12.2. The van der Waals surface area contributed by atoms with Crippen LogP contribution >= 0.6 is 43.2 Å². The molecule has 0 spiro atoms. The van der Waals surface area contributed by atoms with Gasteiger partial charge in [-0.1, -0.05) is 18.2 Å². The molecule has 20 heavy (non-hydrogen) atoms. The molecule has 0 saturated heterocycles. The van der Waals surface area contributed by atoms with Gasteiger partial charge < -0.3 is 10.0 Å². The smallest absolute Gasteiger partial charge is 0.264 e.